The first kappa shape index (κ1) is 14.9. The standard InChI is InChI=1S/C11H13ClO5S/c1-6-4-7(11(13)14)9(12)8(5-17-2)10(6)18(3,15)16/h4H,5H2,1-3H3,(H,13,14). The van der Waals surface area contributed by atoms with Gasteiger partial charge in [-0.15, -0.1) is 0 Å². The predicted molar refractivity (Wildman–Crippen MR) is 67.0 cm³/mol. The van der Waals surface area contributed by atoms with Gasteiger partial charge in [0.25, 0.3) is 0 Å². The van der Waals surface area contributed by atoms with Crippen molar-refractivity contribution in [2.45, 2.75) is 18.4 Å². The Balaban J connectivity index is 3.74. The van der Waals surface area contributed by atoms with E-state index in [2.05, 4.69) is 0 Å². The van der Waals surface area contributed by atoms with E-state index in [-0.39, 0.29) is 27.7 Å². The fourth-order valence-corrected chi connectivity index (χ4v) is 3.38. The molecule has 0 amide bonds. The summed E-state index contributed by atoms with van der Waals surface area (Å²) in [5, 5.41) is 8.90. The topological polar surface area (TPSA) is 80.7 Å². The van der Waals surface area contributed by atoms with Crippen LogP contribution >= 0.6 is 11.6 Å². The molecule has 0 saturated carbocycles. The molecule has 0 saturated heterocycles. The lowest BCUT2D eigenvalue weighted by atomic mass is 10.1. The molecule has 1 N–H and O–H groups in total. The maximum atomic E-state index is 11.7. The van der Waals surface area contributed by atoms with Crippen LogP contribution in [0.4, 0.5) is 0 Å². The predicted octanol–water partition coefficient (Wildman–Crippen LogP) is 1.90. The number of benzene rings is 1. The molecule has 0 aliphatic heterocycles. The molecule has 18 heavy (non-hydrogen) atoms. The van der Waals surface area contributed by atoms with Gasteiger partial charge >= 0.3 is 5.97 Å². The van der Waals surface area contributed by atoms with Gasteiger partial charge in [-0.05, 0) is 18.6 Å². The highest BCUT2D eigenvalue weighted by molar-refractivity contribution is 7.90. The third kappa shape index (κ3) is 2.82. The highest BCUT2D eigenvalue weighted by atomic mass is 35.5. The first-order valence-electron chi connectivity index (χ1n) is 4.94. The van der Waals surface area contributed by atoms with Gasteiger partial charge in [-0.2, -0.15) is 0 Å². The van der Waals surface area contributed by atoms with Crippen molar-refractivity contribution in [3.8, 4) is 0 Å². The summed E-state index contributed by atoms with van der Waals surface area (Å²) in [6.07, 6.45) is 1.05. The molecule has 0 fully saturated rings. The van der Waals surface area contributed by atoms with E-state index in [0.29, 0.717) is 5.56 Å². The number of carbonyl (C=O) groups is 1. The van der Waals surface area contributed by atoms with Gasteiger partial charge in [0.05, 0.1) is 22.1 Å². The summed E-state index contributed by atoms with van der Waals surface area (Å²) in [5.41, 5.74) is 0.388. The van der Waals surface area contributed by atoms with Crippen LogP contribution in [0.2, 0.25) is 5.02 Å². The van der Waals surface area contributed by atoms with E-state index in [0.717, 1.165) is 6.26 Å². The zero-order chi connectivity index (χ0) is 14.1. The molecular weight excluding hydrogens is 280 g/mol. The number of hydrogen-bond acceptors (Lipinski definition) is 4. The first-order chi connectivity index (χ1) is 8.20. The molecule has 7 heteroatoms. The van der Waals surface area contributed by atoms with Gasteiger partial charge in [0.15, 0.2) is 9.84 Å². The van der Waals surface area contributed by atoms with Gasteiger partial charge in [0.2, 0.25) is 0 Å². The molecule has 0 spiro atoms. The first-order valence-corrected chi connectivity index (χ1v) is 7.21. The van der Waals surface area contributed by atoms with Crippen molar-refractivity contribution in [1.29, 1.82) is 0 Å². The van der Waals surface area contributed by atoms with Crippen molar-refractivity contribution in [2.24, 2.45) is 0 Å². The van der Waals surface area contributed by atoms with E-state index < -0.39 is 15.8 Å². The number of aryl methyl sites for hydroxylation is 1. The summed E-state index contributed by atoms with van der Waals surface area (Å²) < 4.78 is 28.3. The minimum Gasteiger partial charge on any atom is -0.478 e. The monoisotopic (exact) mass is 292 g/mol. The average Bonchev–Trinajstić information content (AvgIpc) is 2.20. The molecule has 0 radical (unpaired) electrons. The van der Waals surface area contributed by atoms with Crippen molar-refractivity contribution in [2.75, 3.05) is 13.4 Å². The normalized spacial score (nSPS) is 11.6. The van der Waals surface area contributed by atoms with Gasteiger partial charge in [0.1, 0.15) is 0 Å². The molecule has 1 aromatic rings. The molecule has 1 aromatic carbocycles. The van der Waals surface area contributed by atoms with Crippen LogP contribution in [0.3, 0.4) is 0 Å². The van der Waals surface area contributed by atoms with E-state index >= 15 is 0 Å². The third-order valence-electron chi connectivity index (χ3n) is 2.38. The van der Waals surface area contributed by atoms with Crippen LogP contribution in [0, 0.1) is 6.92 Å². The summed E-state index contributed by atoms with van der Waals surface area (Å²) in [6, 6.07) is 1.25. The van der Waals surface area contributed by atoms with E-state index in [1.165, 1.54) is 20.1 Å². The molecule has 100 valence electrons. The van der Waals surface area contributed by atoms with E-state index in [4.69, 9.17) is 21.4 Å². The number of carboxylic acid groups (broad SMARTS) is 1. The van der Waals surface area contributed by atoms with E-state index in [9.17, 15) is 13.2 Å². The smallest absolute Gasteiger partial charge is 0.337 e. The largest absolute Gasteiger partial charge is 0.478 e. The van der Waals surface area contributed by atoms with Gasteiger partial charge in [-0.3, -0.25) is 0 Å². The van der Waals surface area contributed by atoms with Gasteiger partial charge in [0, 0.05) is 18.9 Å². The number of hydrogen-bond donors (Lipinski definition) is 1. The van der Waals surface area contributed by atoms with Crippen LogP contribution < -0.4 is 0 Å². The summed E-state index contributed by atoms with van der Waals surface area (Å²) in [4.78, 5) is 11.0. The van der Waals surface area contributed by atoms with Crippen LogP contribution in [0.25, 0.3) is 0 Å². The summed E-state index contributed by atoms with van der Waals surface area (Å²) >= 11 is 5.94. The van der Waals surface area contributed by atoms with Gasteiger partial charge < -0.3 is 9.84 Å². The Bertz CT molecular complexity index is 592. The number of halogens is 1. The van der Waals surface area contributed by atoms with Crippen LogP contribution in [0.1, 0.15) is 21.5 Å². The second-order valence-electron chi connectivity index (χ2n) is 3.87. The van der Waals surface area contributed by atoms with Crippen molar-refractivity contribution < 1.29 is 23.1 Å². The number of methoxy groups -OCH3 is 1. The van der Waals surface area contributed by atoms with Crippen molar-refractivity contribution in [1.82, 2.24) is 0 Å². The molecule has 0 unspecified atom stereocenters. The number of rotatable bonds is 4. The van der Waals surface area contributed by atoms with Crippen LogP contribution in [0.5, 0.6) is 0 Å². The summed E-state index contributed by atoms with van der Waals surface area (Å²) in [7, 11) is -2.13. The minimum absolute atomic E-state index is 0.0272. The second-order valence-corrected chi connectivity index (χ2v) is 6.20. The highest BCUT2D eigenvalue weighted by Crippen LogP contribution is 2.31. The molecule has 1 rings (SSSR count). The molecular formula is C11H13ClO5S. The molecule has 0 aliphatic rings. The number of aromatic carboxylic acids is 1. The quantitative estimate of drug-likeness (QED) is 0.916. The second kappa shape index (κ2) is 5.26. The lowest BCUT2D eigenvalue weighted by Gasteiger charge is -2.14. The Kier molecular flexibility index (Phi) is 4.37. The average molecular weight is 293 g/mol. The Hall–Kier alpha value is -1.11. The van der Waals surface area contributed by atoms with E-state index in [1.807, 2.05) is 0 Å². The fraction of sp³-hybridized carbons (Fsp3) is 0.364. The van der Waals surface area contributed by atoms with Crippen molar-refractivity contribution >= 4 is 27.4 Å². The van der Waals surface area contributed by atoms with Crippen LogP contribution in [-0.4, -0.2) is 32.9 Å². The molecule has 0 aliphatic carbocycles. The molecule has 0 atom stereocenters. The SMILES string of the molecule is COCc1c(Cl)c(C(=O)O)cc(C)c1S(C)(=O)=O. The number of ether oxygens (including phenoxy) is 1. The van der Waals surface area contributed by atoms with Crippen LogP contribution in [-0.2, 0) is 21.2 Å². The zero-order valence-corrected chi connectivity index (χ0v) is 11.7. The lowest BCUT2D eigenvalue weighted by molar-refractivity contribution is 0.0696. The van der Waals surface area contributed by atoms with Crippen LogP contribution in [0.15, 0.2) is 11.0 Å². The Morgan fingerprint density at radius 2 is 2.06 bits per heavy atom. The number of sulfone groups is 1. The highest BCUT2D eigenvalue weighted by Gasteiger charge is 2.24. The maximum Gasteiger partial charge on any atom is 0.337 e. The van der Waals surface area contributed by atoms with E-state index in [1.54, 1.807) is 0 Å². The van der Waals surface area contributed by atoms with Crippen molar-refractivity contribution in [3.63, 3.8) is 0 Å². The lowest BCUT2D eigenvalue weighted by Crippen LogP contribution is -2.10. The van der Waals surface area contributed by atoms with Crippen molar-refractivity contribution in [3.05, 3.63) is 27.8 Å². The molecule has 0 aromatic heterocycles. The van der Waals surface area contributed by atoms with Gasteiger partial charge in [-0.25, -0.2) is 13.2 Å². The zero-order valence-electron chi connectivity index (χ0n) is 10.2. The summed E-state index contributed by atoms with van der Waals surface area (Å²) in [6.45, 7) is 1.46. The minimum atomic E-state index is -3.51. The Labute approximate surface area is 110 Å². The fourth-order valence-electron chi connectivity index (χ4n) is 1.79. The molecule has 5 nitrogen and oxygen atoms in total. The third-order valence-corrected chi connectivity index (χ3v) is 4.13. The van der Waals surface area contributed by atoms with Gasteiger partial charge in [-0.1, -0.05) is 11.6 Å². The molecule has 0 heterocycles. The number of carboxylic acids is 1. The maximum absolute atomic E-state index is 11.7. The Morgan fingerprint density at radius 1 is 1.50 bits per heavy atom. The molecule has 0 bridgehead atoms. The summed E-state index contributed by atoms with van der Waals surface area (Å²) in [5.74, 6) is -1.21. The Morgan fingerprint density at radius 3 is 2.44 bits per heavy atom.